The lowest BCUT2D eigenvalue weighted by Crippen LogP contribution is -2.20. The zero-order chi connectivity index (χ0) is 11.5. The van der Waals surface area contributed by atoms with Gasteiger partial charge in [0.1, 0.15) is 5.76 Å². The van der Waals surface area contributed by atoms with E-state index in [1.54, 1.807) is 0 Å². The summed E-state index contributed by atoms with van der Waals surface area (Å²) in [5.41, 5.74) is 0. The van der Waals surface area contributed by atoms with Gasteiger partial charge in [-0.2, -0.15) is 0 Å². The third-order valence-corrected chi connectivity index (χ3v) is 2.10. The molecular formula is C11H8O5. The summed E-state index contributed by atoms with van der Waals surface area (Å²) in [6, 6.07) is 5.91. The first-order chi connectivity index (χ1) is 7.70. The van der Waals surface area contributed by atoms with E-state index in [2.05, 4.69) is 0 Å². The second kappa shape index (κ2) is 4.06. The highest BCUT2D eigenvalue weighted by atomic mass is 16.4. The maximum atomic E-state index is 11.8. The fraction of sp³-hybridized carbons (Fsp3) is 0.0909. The molecule has 1 atom stereocenters. The van der Waals surface area contributed by atoms with Crippen LogP contribution in [0.4, 0.5) is 0 Å². The number of carboxylic acids is 1. The molecule has 0 aliphatic carbocycles. The lowest BCUT2D eigenvalue weighted by Gasteiger charge is -2.05. The van der Waals surface area contributed by atoms with Gasteiger partial charge in [-0.1, -0.05) is 0 Å². The molecule has 82 valence electrons. The molecule has 5 nitrogen and oxygen atoms in total. The van der Waals surface area contributed by atoms with Gasteiger partial charge in [0, 0.05) is 0 Å². The number of carbonyl (C=O) groups excluding carboxylic acids is 1. The predicted octanol–water partition coefficient (Wildman–Crippen LogP) is 1.92. The van der Waals surface area contributed by atoms with Crippen molar-refractivity contribution in [2.24, 2.45) is 0 Å². The summed E-state index contributed by atoms with van der Waals surface area (Å²) in [6.07, 6.45) is 2.63. The number of aliphatic carboxylic acids is 1. The minimum absolute atomic E-state index is 0.00352. The van der Waals surface area contributed by atoms with Gasteiger partial charge < -0.3 is 13.9 Å². The van der Waals surface area contributed by atoms with Gasteiger partial charge in [0.2, 0.25) is 5.78 Å². The maximum Gasteiger partial charge on any atom is 0.322 e. The van der Waals surface area contributed by atoms with Crippen molar-refractivity contribution in [3.05, 3.63) is 48.3 Å². The Morgan fingerprint density at radius 3 is 2.31 bits per heavy atom. The van der Waals surface area contributed by atoms with Crippen LogP contribution in [0.25, 0.3) is 0 Å². The number of ketones is 1. The van der Waals surface area contributed by atoms with Gasteiger partial charge in [0.25, 0.3) is 0 Å². The second-order valence-electron chi connectivity index (χ2n) is 3.13. The Hall–Kier alpha value is -2.30. The molecule has 0 saturated carbocycles. The summed E-state index contributed by atoms with van der Waals surface area (Å²) in [5, 5.41) is 8.99. The standard InChI is InChI=1S/C11H8O5/c12-10(8-4-2-6-16-8)9(11(13)14)7-3-1-5-15-7/h1-6,9H,(H,13,14). The van der Waals surface area contributed by atoms with Crippen molar-refractivity contribution >= 4 is 11.8 Å². The number of rotatable bonds is 4. The first-order valence-corrected chi connectivity index (χ1v) is 4.54. The van der Waals surface area contributed by atoms with Crippen LogP contribution in [0, 0.1) is 0 Å². The Balaban J connectivity index is 2.35. The van der Waals surface area contributed by atoms with Gasteiger partial charge in [-0.25, -0.2) is 0 Å². The third kappa shape index (κ3) is 1.75. The Bertz CT molecular complexity index is 480. The molecule has 2 rings (SSSR count). The van der Waals surface area contributed by atoms with E-state index < -0.39 is 17.7 Å². The van der Waals surface area contributed by atoms with Crippen LogP contribution in [0.3, 0.4) is 0 Å². The van der Waals surface area contributed by atoms with Gasteiger partial charge in [0.15, 0.2) is 11.7 Å². The average molecular weight is 220 g/mol. The summed E-state index contributed by atoms with van der Waals surface area (Å²) in [6.45, 7) is 0. The van der Waals surface area contributed by atoms with Crippen LogP contribution >= 0.6 is 0 Å². The minimum Gasteiger partial charge on any atom is -0.480 e. The summed E-state index contributed by atoms with van der Waals surface area (Å²) in [4.78, 5) is 22.8. The largest absolute Gasteiger partial charge is 0.480 e. The normalized spacial score (nSPS) is 12.2. The van der Waals surface area contributed by atoms with Crippen LogP contribution in [-0.4, -0.2) is 16.9 Å². The lowest BCUT2D eigenvalue weighted by atomic mass is 10.00. The smallest absolute Gasteiger partial charge is 0.322 e. The van der Waals surface area contributed by atoms with Crippen LogP contribution in [0.1, 0.15) is 22.2 Å². The molecule has 0 aliphatic heterocycles. The quantitative estimate of drug-likeness (QED) is 0.628. The Labute approximate surface area is 90.3 Å². The fourth-order valence-corrected chi connectivity index (χ4v) is 1.38. The number of hydrogen-bond acceptors (Lipinski definition) is 4. The zero-order valence-electron chi connectivity index (χ0n) is 8.12. The van der Waals surface area contributed by atoms with E-state index in [0.717, 1.165) is 0 Å². The van der Waals surface area contributed by atoms with Gasteiger partial charge in [0.05, 0.1) is 12.5 Å². The van der Waals surface area contributed by atoms with Gasteiger partial charge >= 0.3 is 5.97 Å². The molecule has 2 aromatic rings. The molecular weight excluding hydrogens is 212 g/mol. The Kier molecular flexibility index (Phi) is 2.59. The van der Waals surface area contributed by atoms with E-state index in [0.29, 0.717) is 0 Å². The van der Waals surface area contributed by atoms with Crippen LogP contribution in [-0.2, 0) is 4.79 Å². The molecule has 0 spiro atoms. The van der Waals surface area contributed by atoms with Crippen molar-refractivity contribution in [3.63, 3.8) is 0 Å². The molecule has 1 N–H and O–H groups in total. The van der Waals surface area contributed by atoms with E-state index in [4.69, 9.17) is 13.9 Å². The first kappa shape index (κ1) is 10.2. The number of carboxylic acid groups (broad SMARTS) is 1. The van der Waals surface area contributed by atoms with Crippen LogP contribution in [0.5, 0.6) is 0 Å². The lowest BCUT2D eigenvalue weighted by molar-refractivity contribution is -0.137. The second-order valence-corrected chi connectivity index (χ2v) is 3.13. The maximum absolute atomic E-state index is 11.8. The molecule has 2 aromatic heterocycles. The van der Waals surface area contributed by atoms with Crippen molar-refractivity contribution in [3.8, 4) is 0 Å². The van der Waals surface area contributed by atoms with Crippen molar-refractivity contribution in [1.82, 2.24) is 0 Å². The van der Waals surface area contributed by atoms with Crippen LogP contribution in [0.15, 0.2) is 45.6 Å². The Morgan fingerprint density at radius 1 is 1.12 bits per heavy atom. The SMILES string of the molecule is O=C(O)C(C(=O)c1ccco1)c1ccco1. The summed E-state index contributed by atoms with van der Waals surface area (Å²) in [5.74, 6) is -3.16. The van der Waals surface area contributed by atoms with Crippen molar-refractivity contribution in [2.45, 2.75) is 5.92 Å². The molecule has 2 heterocycles. The monoisotopic (exact) mass is 220 g/mol. The van der Waals surface area contributed by atoms with Gasteiger partial charge in [-0.15, -0.1) is 0 Å². The molecule has 0 aromatic carbocycles. The van der Waals surface area contributed by atoms with Crippen LogP contribution < -0.4 is 0 Å². The summed E-state index contributed by atoms with van der Waals surface area (Å²) < 4.78 is 9.80. The topological polar surface area (TPSA) is 80.6 Å². The number of hydrogen-bond donors (Lipinski definition) is 1. The predicted molar refractivity (Wildman–Crippen MR) is 52.1 cm³/mol. The Morgan fingerprint density at radius 2 is 1.81 bits per heavy atom. The summed E-state index contributed by atoms with van der Waals surface area (Å²) in [7, 11) is 0. The van der Waals surface area contributed by atoms with E-state index in [9.17, 15) is 9.59 Å². The molecule has 5 heteroatoms. The number of Topliss-reactive ketones (excluding diaryl/α,β-unsaturated/α-hetero) is 1. The van der Waals surface area contributed by atoms with Crippen molar-refractivity contribution in [1.29, 1.82) is 0 Å². The molecule has 0 amide bonds. The first-order valence-electron chi connectivity index (χ1n) is 4.54. The molecule has 1 unspecified atom stereocenters. The highest BCUT2D eigenvalue weighted by Crippen LogP contribution is 2.22. The molecule has 0 fully saturated rings. The molecule has 0 bridgehead atoms. The molecule has 0 saturated heterocycles. The number of carbonyl (C=O) groups is 2. The highest BCUT2D eigenvalue weighted by Gasteiger charge is 2.33. The third-order valence-electron chi connectivity index (χ3n) is 2.10. The number of furan rings is 2. The van der Waals surface area contributed by atoms with E-state index >= 15 is 0 Å². The van der Waals surface area contributed by atoms with Crippen LogP contribution in [0.2, 0.25) is 0 Å². The van der Waals surface area contributed by atoms with E-state index in [1.165, 1.54) is 36.8 Å². The fourth-order valence-electron chi connectivity index (χ4n) is 1.38. The minimum atomic E-state index is -1.36. The highest BCUT2D eigenvalue weighted by molar-refractivity contribution is 6.10. The molecule has 0 radical (unpaired) electrons. The average Bonchev–Trinajstić information content (AvgIpc) is 2.89. The van der Waals surface area contributed by atoms with Gasteiger partial charge in [-0.05, 0) is 24.3 Å². The van der Waals surface area contributed by atoms with E-state index in [-0.39, 0.29) is 11.5 Å². The molecule has 16 heavy (non-hydrogen) atoms. The molecule has 0 aliphatic rings. The van der Waals surface area contributed by atoms with Gasteiger partial charge in [-0.3, -0.25) is 9.59 Å². The van der Waals surface area contributed by atoms with Crippen molar-refractivity contribution in [2.75, 3.05) is 0 Å². The van der Waals surface area contributed by atoms with Crippen molar-refractivity contribution < 1.29 is 23.5 Å². The summed E-state index contributed by atoms with van der Waals surface area (Å²) >= 11 is 0. The van der Waals surface area contributed by atoms with E-state index in [1.807, 2.05) is 0 Å². The zero-order valence-corrected chi connectivity index (χ0v) is 8.12.